The van der Waals surface area contributed by atoms with E-state index in [9.17, 15) is 18.5 Å². The lowest BCUT2D eigenvalue weighted by molar-refractivity contribution is -0.384. The van der Waals surface area contributed by atoms with E-state index < -0.39 is 14.9 Å². The van der Waals surface area contributed by atoms with Crippen LogP contribution in [0.25, 0.3) is 0 Å². The first-order valence-corrected chi connectivity index (χ1v) is 8.70. The third kappa shape index (κ3) is 4.88. The Bertz CT molecular complexity index is 829. The molecule has 2 aromatic carbocycles. The van der Waals surface area contributed by atoms with Crippen molar-refractivity contribution in [1.29, 1.82) is 0 Å². The summed E-state index contributed by atoms with van der Waals surface area (Å²) in [5.74, 6) is 0. The molecule has 0 amide bonds. The highest BCUT2D eigenvalue weighted by Gasteiger charge is 2.11. The fourth-order valence-corrected chi connectivity index (χ4v) is 2.77. The number of hydrogen-bond donors (Lipinski definition) is 1. The standard InChI is InChI=1S/C16H17N3O4S/c1-13-4-10-16(11-5-13)24(22,23)18-17-12-2-3-14-6-8-15(9-7-14)19(20)21/h4-12,18H,2-3H2,1H3/b17-12+. The zero-order valence-corrected chi connectivity index (χ0v) is 13.9. The molecule has 0 aliphatic heterocycles. The zero-order valence-electron chi connectivity index (χ0n) is 13.0. The van der Waals surface area contributed by atoms with E-state index in [0.29, 0.717) is 12.8 Å². The van der Waals surface area contributed by atoms with Gasteiger partial charge < -0.3 is 0 Å². The molecule has 2 rings (SSSR count). The minimum atomic E-state index is -3.66. The molecule has 0 spiro atoms. The predicted octanol–water partition coefficient (Wildman–Crippen LogP) is 2.80. The largest absolute Gasteiger partial charge is 0.276 e. The Balaban J connectivity index is 1.86. The second kappa shape index (κ2) is 7.69. The van der Waals surface area contributed by atoms with E-state index in [4.69, 9.17) is 0 Å². The summed E-state index contributed by atoms with van der Waals surface area (Å²) < 4.78 is 24.0. The van der Waals surface area contributed by atoms with Crippen LogP contribution in [0.1, 0.15) is 17.5 Å². The van der Waals surface area contributed by atoms with Crippen molar-refractivity contribution in [2.75, 3.05) is 0 Å². The number of aryl methyl sites for hydroxylation is 2. The summed E-state index contributed by atoms with van der Waals surface area (Å²) in [6.07, 6.45) is 2.58. The van der Waals surface area contributed by atoms with Crippen LogP contribution < -0.4 is 4.83 Å². The molecule has 0 heterocycles. The number of nitro groups is 1. The second-order valence-electron chi connectivity index (χ2n) is 5.18. The molecule has 0 aliphatic rings. The van der Waals surface area contributed by atoms with Gasteiger partial charge in [-0.2, -0.15) is 13.5 Å². The van der Waals surface area contributed by atoms with E-state index in [1.54, 1.807) is 24.3 Å². The fourth-order valence-electron chi connectivity index (χ4n) is 1.96. The van der Waals surface area contributed by atoms with Crippen LogP contribution in [0.3, 0.4) is 0 Å². The number of benzene rings is 2. The van der Waals surface area contributed by atoms with Gasteiger partial charge in [0.15, 0.2) is 0 Å². The van der Waals surface area contributed by atoms with Crippen LogP contribution in [-0.4, -0.2) is 19.6 Å². The predicted molar refractivity (Wildman–Crippen MR) is 91.4 cm³/mol. The molecule has 0 atom stereocenters. The molecule has 0 saturated heterocycles. The summed E-state index contributed by atoms with van der Waals surface area (Å²) >= 11 is 0. The number of hydrogen-bond acceptors (Lipinski definition) is 5. The Morgan fingerprint density at radius 1 is 1.12 bits per heavy atom. The van der Waals surface area contributed by atoms with Crippen molar-refractivity contribution in [3.63, 3.8) is 0 Å². The van der Waals surface area contributed by atoms with Crippen LogP contribution in [-0.2, 0) is 16.4 Å². The van der Waals surface area contributed by atoms with Gasteiger partial charge in [-0.3, -0.25) is 10.1 Å². The summed E-state index contributed by atoms with van der Waals surface area (Å²) in [7, 11) is -3.66. The third-order valence-corrected chi connectivity index (χ3v) is 4.54. The Labute approximate surface area is 140 Å². The molecule has 0 aromatic heterocycles. The lowest BCUT2D eigenvalue weighted by atomic mass is 10.1. The summed E-state index contributed by atoms with van der Waals surface area (Å²) in [5, 5.41) is 14.3. The van der Waals surface area contributed by atoms with Crippen molar-refractivity contribution in [3.05, 3.63) is 69.8 Å². The van der Waals surface area contributed by atoms with E-state index in [1.807, 2.05) is 6.92 Å². The van der Waals surface area contributed by atoms with Crippen molar-refractivity contribution >= 4 is 21.9 Å². The molecule has 24 heavy (non-hydrogen) atoms. The van der Waals surface area contributed by atoms with Crippen LogP contribution in [0.5, 0.6) is 0 Å². The molecule has 0 bridgehead atoms. The van der Waals surface area contributed by atoms with Crippen LogP contribution in [0.15, 0.2) is 58.5 Å². The average Bonchev–Trinajstić information content (AvgIpc) is 2.55. The molecule has 2 aromatic rings. The van der Waals surface area contributed by atoms with E-state index >= 15 is 0 Å². The highest BCUT2D eigenvalue weighted by atomic mass is 32.2. The maximum absolute atomic E-state index is 12.0. The minimum absolute atomic E-state index is 0.0401. The van der Waals surface area contributed by atoms with Gasteiger partial charge in [0.1, 0.15) is 0 Å². The van der Waals surface area contributed by atoms with E-state index in [0.717, 1.165) is 11.1 Å². The van der Waals surface area contributed by atoms with Crippen LogP contribution >= 0.6 is 0 Å². The zero-order chi connectivity index (χ0) is 17.6. The van der Waals surface area contributed by atoms with Crippen molar-refractivity contribution in [3.8, 4) is 0 Å². The molecule has 1 N–H and O–H groups in total. The lowest BCUT2D eigenvalue weighted by Crippen LogP contribution is -2.18. The van der Waals surface area contributed by atoms with E-state index in [1.165, 1.54) is 30.5 Å². The summed E-state index contributed by atoms with van der Waals surface area (Å²) in [5.41, 5.74) is 1.92. The number of hydrazone groups is 1. The number of non-ortho nitro benzene ring substituents is 1. The smallest absolute Gasteiger partial charge is 0.258 e. The quantitative estimate of drug-likeness (QED) is 0.472. The Hall–Kier alpha value is -2.74. The summed E-state index contributed by atoms with van der Waals surface area (Å²) in [6, 6.07) is 12.7. The first-order chi connectivity index (χ1) is 11.4. The van der Waals surface area contributed by atoms with Crippen molar-refractivity contribution < 1.29 is 13.3 Å². The van der Waals surface area contributed by atoms with Crippen LogP contribution in [0.2, 0.25) is 0 Å². The SMILES string of the molecule is Cc1ccc(S(=O)(=O)N/N=C/CCc2ccc([N+](=O)[O-])cc2)cc1. The maximum atomic E-state index is 12.0. The van der Waals surface area contributed by atoms with Gasteiger partial charge in [0, 0.05) is 18.3 Å². The topological polar surface area (TPSA) is 102 Å². The Morgan fingerprint density at radius 3 is 2.33 bits per heavy atom. The second-order valence-corrected chi connectivity index (χ2v) is 6.84. The number of nitrogens with one attached hydrogen (secondary N) is 1. The fraction of sp³-hybridized carbons (Fsp3) is 0.188. The van der Waals surface area contributed by atoms with Gasteiger partial charge in [-0.1, -0.05) is 29.8 Å². The number of nitrogens with zero attached hydrogens (tertiary/aromatic N) is 2. The van der Waals surface area contributed by atoms with Crippen molar-refractivity contribution in [1.82, 2.24) is 4.83 Å². The van der Waals surface area contributed by atoms with Crippen LogP contribution in [0, 0.1) is 17.0 Å². The molecule has 7 nitrogen and oxygen atoms in total. The molecule has 0 radical (unpaired) electrons. The van der Waals surface area contributed by atoms with Gasteiger partial charge in [-0.05, 0) is 37.5 Å². The Kier molecular flexibility index (Phi) is 5.64. The van der Waals surface area contributed by atoms with Gasteiger partial charge in [-0.25, -0.2) is 4.83 Å². The van der Waals surface area contributed by atoms with Crippen molar-refractivity contribution in [2.45, 2.75) is 24.7 Å². The summed E-state index contributed by atoms with van der Waals surface area (Å²) in [6.45, 7) is 1.88. The number of sulfonamides is 1. The maximum Gasteiger partial charge on any atom is 0.276 e. The van der Waals surface area contributed by atoms with Gasteiger partial charge in [0.25, 0.3) is 15.7 Å². The highest BCUT2D eigenvalue weighted by molar-refractivity contribution is 7.89. The molecule has 0 unspecified atom stereocenters. The highest BCUT2D eigenvalue weighted by Crippen LogP contribution is 2.13. The van der Waals surface area contributed by atoms with Gasteiger partial charge in [0.2, 0.25) is 0 Å². The number of rotatable bonds is 7. The van der Waals surface area contributed by atoms with E-state index in [-0.39, 0.29) is 10.6 Å². The number of nitro benzene ring substituents is 1. The first-order valence-electron chi connectivity index (χ1n) is 7.22. The molecule has 0 fully saturated rings. The monoisotopic (exact) mass is 347 g/mol. The van der Waals surface area contributed by atoms with Gasteiger partial charge in [-0.15, -0.1) is 0 Å². The molecule has 126 valence electrons. The molecule has 8 heteroatoms. The third-order valence-electron chi connectivity index (χ3n) is 3.30. The van der Waals surface area contributed by atoms with E-state index in [2.05, 4.69) is 9.93 Å². The molecule has 0 saturated carbocycles. The molecular weight excluding hydrogens is 330 g/mol. The lowest BCUT2D eigenvalue weighted by Gasteiger charge is -2.03. The summed E-state index contributed by atoms with van der Waals surface area (Å²) in [4.78, 5) is 12.4. The molecular formula is C16H17N3O4S. The first kappa shape index (κ1) is 17.6. The van der Waals surface area contributed by atoms with Crippen LogP contribution in [0.4, 0.5) is 5.69 Å². The minimum Gasteiger partial charge on any atom is -0.258 e. The van der Waals surface area contributed by atoms with Gasteiger partial charge in [0.05, 0.1) is 9.82 Å². The molecule has 0 aliphatic carbocycles. The average molecular weight is 347 g/mol. The van der Waals surface area contributed by atoms with Gasteiger partial charge >= 0.3 is 0 Å². The normalized spacial score (nSPS) is 11.5. The van der Waals surface area contributed by atoms with Crippen molar-refractivity contribution in [2.24, 2.45) is 5.10 Å². The Morgan fingerprint density at radius 2 is 1.75 bits per heavy atom.